The van der Waals surface area contributed by atoms with Crippen LogP contribution < -0.4 is 20.1 Å². The van der Waals surface area contributed by atoms with Crippen molar-refractivity contribution in [3.63, 3.8) is 0 Å². The summed E-state index contributed by atoms with van der Waals surface area (Å²) in [6, 6.07) is 5.52. The molecule has 0 aliphatic heterocycles. The van der Waals surface area contributed by atoms with Gasteiger partial charge < -0.3 is 20.1 Å². The number of hydrogen-bond acceptors (Lipinski definition) is 3. The Labute approximate surface area is 113 Å². The van der Waals surface area contributed by atoms with Gasteiger partial charge in [-0.05, 0) is 31.3 Å². The SMILES string of the molecule is C=C(C)CNC(=S)Nc1ccc(OC)c(OC)c1. The Bertz CT molecular complexity index is 447. The van der Waals surface area contributed by atoms with E-state index < -0.39 is 0 Å². The third-order valence-electron chi connectivity index (χ3n) is 2.19. The van der Waals surface area contributed by atoms with Crippen molar-refractivity contribution < 1.29 is 9.47 Å². The Morgan fingerprint density at radius 2 is 1.94 bits per heavy atom. The molecule has 1 rings (SSSR count). The molecule has 18 heavy (non-hydrogen) atoms. The number of anilines is 1. The van der Waals surface area contributed by atoms with Crippen LogP contribution in [0.3, 0.4) is 0 Å². The van der Waals surface area contributed by atoms with Gasteiger partial charge in [0.05, 0.1) is 14.2 Å². The molecule has 0 bridgehead atoms. The van der Waals surface area contributed by atoms with Crippen molar-refractivity contribution in [1.29, 1.82) is 0 Å². The molecule has 0 unspecified atom stereocenters. The molecule has 0 aromatic heterocycles. The summed E-state index contributed by atoms with van der Waals surface area (Å²) in [5, 5.41) is 6.66. The third-order valence-corrected chi connectivity index (χ3v) is 2.44. The molecule has 1 aromatic rings. The van der Waals surface area contributed by atoms with Crippen molar-refractivity contribution in [3.05, 3.63) is 30.4 Å². The van der Waals surface area contributed by atoms with Crippen molar-refractivity contribution in [2.45, 2.75) is 6.92 Å². The number of rotatable bonds is 5. The normalized spacial score (nSPS) is 9.50. The van der Waals surface area contributed by atoms with Crippen molar-refractivity contribution in [2.24, 2.45) is 0 Å². The summed E-state index contributed by atoms with van der Waals surface area (Å²) in [7, 11) is 3.20. The van der Waals surface area contributed by atoms with Crippen molar-refractivity contribution in [3.8, 4) is 11.5 Å². The van der Waals surface area contributed by atoms with Gasteiger partial charge in [-0.3, -0.25) is 0 Å². The number of hydrogen-bond donors (Lipinski definition) is 2. The minimum absolute atomic E-state index is 0.546. The van der Waals surface area contributed by atoms with Gasteiger partial charge in [0, 0.05) is 18.3 Å². The molecule has 0 saturated heterocycles. The Morgan fingerprint density at radius 3 is 2.50 bits per heavy atom. The summed E-state index contributed by atoms with van der Waals surface area (Å²) in [6.45, 7) is 6.39. The van der Waals surface area contributed by atoms with Gasteiger partial charge in [0.2, 0.25) is 0 Å². The van der Waals surface area contributed by atoms with E-state index in [0.29, 0.717) is 23.2 Å². The van der Waals surface area contributed by atoms with E-state index in [1.165, 1.54) is 0 Å². The van der Waals surface area contributed by atoms with Crippen molar-refractivity contribution >= 4 is 23.0 Å². The minimum atomic E-state index is 0.546. The molecule has 0 saturated carbocycles. The van der Waals surface area contributed by atoms with Gasteiger partial charge in [-0.2, -0.15) is 0 Å². The summed E-state index contributed by atoms with van der Waals surface area (Å²) < 4.78 is 10.4. The molecule has 0 aliphatic rings. The number of nitrogens with one attached hydrogen (secondary N) is 2. The summed E-state index contributed by atoms with van der Waals surface area (Å²) in [6.07, 6.45) is 0. The standard InChI is InChI=1S/C13H18N2O2S/c1-9(2)8-14-13(18)15-10-5-6-11(16-3)12(7-10)17-4/h5-7H,1,8H2,2-4H3,(H2,14,15,18). The lowest BCUT2D eigenvalue weighted by Crippen LogP contribution is -2.29. The fourth-order valence-corrected chi connectivity index (χ4v) is 1.51. The van der Waals surface area contributed by atoms with Gasteiger partial charge in [-0.1, -0.05) is 12.2 Å². The predicted octanol–water partition coefficient (Wildman–Crippen LogP) is 2.57. The maximum atomic E-state index is 5.21. The average molecular weight is 266 g/mol. The first-order chi connectivity index (χ1) is 8.56. The number of ether oxygens (including phenoxy) is 2. The van der Waals surface area contributed by atoms with E-state index in [4.69, 9.17) is 21.7 Å². The van der Waals surface area contributed by atoms with E-state index in [2.05, 4.69) is 17.2 Å². The van der Waals surface area contributed by atoms with Crippen molar-refractivity contribution in [2.75, 3.05) is 26.1 Å². The fourth-order valence-electron chi connectivity index (χ4n) is 1.32. The van der Waals surface area contributed by atoms with Crippen LogP contribution in [0.5, 0.6) is 11.5 Å². The average Bonchev–Trinajstić information content (AvgIpc) is 2.36. The summed E-state index contributed by atoms with van der Waals surface area (Å²) in [5.74, 6) is 1.34. The third kappa shape index (κ3) is 4.25. The summed E-state index contributed by atoms with van der Waals surface area (Å²) >= 11 is 5.16. The van der Waals surface area contributed by atoms with E-state index in [-0.39, 0.29) is 0 Å². The van der Waals surface area contributed by atoms with Crippen LogP contribution in [-0.2, 0) is 0 Å². The molecular weight excluding hydrogens is 248 g/mol. The quantitative estimate of drug-likeness (QED) is 0.633. The van der Waals surface area contributed by atoms with E-state index >= 15 is 0 Å². The van der Waals surface area contributed by atoms with Crippen molar-refractivity contribution in [1.82, 2.24) is 5.32 Å². The molecule has 0 amide bonds. The lowest BCUT2D eigenvalue weighted by molar-refractivity contribution is 0.355. The number of benzene rings is 1. The highest BCUT2D eigenvalue weighted by atomic mass is 32.1. The van der Waals surface area contributed by atoms with Crippen LogP contribution in [-0.4, -0.2) is 25.9 Å². The maximum absolute atomic E-state index is 5.21. The molecule has 0 radical (unpaired) electrons. The van der Waals surface area contributed by atoms with Crippen LogP contribution in [0.2, 0.25) is 0 Å². The largest absolute Gasteiger partial charge is 0.493 e. The second kappa shape index (κ2) is 6.86. The van der Waals surface area contributed by atoms with Crippen LogP contribution in [0.4, 0.5) is 5.69 Å². The summed E-state index contributed by atoms with van der Waals surface area (Å²) in [4.78, 5) is 0. The van der Waals surface area contributed by atoms with Crippen LogP contribution in [0.15, 0.2) is 30.4 Å². The maximum Gasteiger partial charge on any atom is 0.171 e. The Hall–Kier alpha value is -1.75. The summed E-state index contributed by atoms with van der Waals surface area (Å²) in [5.41, 5.74) is 1.86. The van der Waals surface area contributed by atoms with Crippen LogP contribution in [0.1, 0.15) is 6.92 Å². The van der Waals surface area contributed by atoms with E-state index in [1.807, 2.05) is 25.1 Å². The first-order valence-electron chi connectivity index (χ1n) is 5.48. The molecule has 0 heterocycles. The molecule has 4 nitrogen and oxygen atoms in total. The highest BCUT2D eigenvalue weighted by molar-refractivity contribution is 7.80. The Morgan fingerprint density at radius 1 is 1.28 bits per heavy atom. The molecular formula is C13H18N2O2S. The molecule has 98 valence electrons. The van der Waals surface area contributed by atoms with Gasteiger partial charge >= 0.3 is 0 Å². The lowest BCUT2D eigenvalue weighted by Gasteiger charge is -2.13. The number of thiocarbonyl (C=S) groups is 1. The highest BCUT2D eigenvalue weighted by Gasteiger charge is 2.05. The van der Waals surface area contributed by atoms with Gasteiger partial charge in [0.25, 0.3) is 0 Å². The lowest BCUT2D eigenvalue weighted by atomic mass is 10.3. The van der Waals surface area contributed by atoms with E-state index in [0.717, 1.165) is 11.3 Å². The van der Waals surface area contributed by atoms with Crippen LogP contribution >= 0.6 is 12.2 Å². The van der Waals surface area contributed by atoms with Crippen LogP contribution in [0.25, 0.3) is 0 Å². The molecule has 0 aliphatic carbocycles. The second-order valence-electron chi connectivity index (χ2n) is 3.83. The van der Waals surface area contributed by atoms with Gasteiger partial charge in [-0.15, -0.1) is 0 Å². The van der Waals surface area contributed by atoms with Crippen LogP contribution in [0, 0.1) is 0 Å². The minimum Gasteiger partial charge on any atom is -0.493 e. The first-order valence-corrected chi connectivity index (χ1v) is 5.89. The smallest absolute Gasteiger partial charge is 0.171 e. The second-order valence-corrected chi connectivity index (χ2v) is 4.24. The molecule has 1 aromatic carbocycles. The van der Waals surface area contributed by atoms with Gasteiger partial charge in [0.15, 0.2) is 16.6 Å². The Kier molecular flexibility index (Phi) is 5.45. The molecule has 0 fully saturated rings. The zero-order chi connectivity index (χ0) is 13.5. The molecule has 2 N–H and O–H groups in total. The predicted molar refractivity (Wildman–Crippen MR) is 78.6 cm³/mol. The zero-order valence-corrected chi connectivity index (χ0v) is 11.7. The first kappa shape index (κ1) is 14.3. The van der Waals surface area contributed by atoms with Gasteiger partial charge in [0.1, 0.15) is 0 Å². The monoisotopic (exact) mass is 266 g/mol. The number of methoxy groups -OCH3 is 2. The molecule has 0 atom stereocenters. The fraction of sp³-hybridized carbons (Fsp3) is 0.308. The van der Waals surface area contributed by atoms with E-state index in [9.17, 15) is 0 Å². The highest BCUT2D eigenvalue weighted by Crippen LogP contribution is 2.29. The Balaban J connectivity index is 2.67. The van der Waals surface area contributed by atoms with E-state index in [1.54, 1.807) is 14.2 Å². The molecule has 0 spiro atoms. The topological polar surface area (TPSA) is 42.5 Å². The molecule has 5 heteroatoms. The van der Waals surface area contributed by atoms with Gasteiger partial charge in [-0.25, -0.2) is 0 Å². The zero-order valence-electron chi connectivity index (χ0n) is 10.9.